The number of oxazole rings is 1. The average molecular weight is 131 g/mol. The van der Waals surface area contributed by atoms with Crippen LogP contribution in [0.2, 0.25) is 5.35 Å². The second-order valence-electron chi connectivity index (χ2n) is 1.34. The number of aromatic nitrogens is 1. The van der Waals surface area contributed by atoms with Crippen LogP contribution >= 0.6 is 11.6 Å². The Morgan fingerprint density at radius 3 is 2.88 bits per heavy atom. The summed E-state index contributed by atoms with van der Waals surface area (Å²) in [5.41, 5.74) is 0.787. The Balaban J connectivity index is 2.84. The zero-order valence-corrected chi connectivity index (χ0v) is 4.98. The van der Waals surface area contributed by atoms with Crippen LogP contribution in [0.25, 0.3) is 0 Å². The summed E-state index contributed by atoms with van der Waals surface area (Å²) in [6.07, 6.45) is 2.12. The molecule has 0 saturated heterocycles. The molecule has 0 bridgehead atoms. The summed E-state index contributed by atoms with van der Waals surface area (Å²) < 4.78 is 4.67. The molecule has 2 nitrogen and oxygen atoms in total. The van der Waals surface area contributed by atoms with Crippen molar-refractivity contribution in [2.45, 2.75) is 6.42 Å². The summed E-state index contributed by atoms with van der Waals surface area (Å²) in [4.78, 5) is 3.77. The van der Waals surface area contributed by atoms with Crippen molar-refractivity contribution < 1.29 is 4.42 Å². The molecule has 8 heavy (non-hydrogen) atoms. The number of nitrogens with zero attached hydrogens (tertiary/aromatic N) is 1. The van der Waals surface area contributed by atoms with Gasteiger partial charge < -0.3 is 4.42 Å². The quantitative estimate of drug-likeness (QED) is 0.579. The van der Waals surface area contributed by atoms with Crippen molar-refractivity contribution in [1.29, 1.82) is 0 Å². The van der Waals surface area contributed by atoms with Crippen molar-refractivity contribution in [1.82, 2.24) is 4.98 Å². The highest BCUT2D eigenvalue weighted by Gasteiger charge is 1.94. The monoisotopic (exact) mass is 130 g/mol. The third kappa shape index (κ3) is 1.01. The predicted molar refractivity (Wildman–Crippen MR) is 30.6 cm³/mol. The molecule has 0 N–H and O–H groups in total. The smallest absolute Gasteiger partial charge is 0.292 e. The first-order valence-electron chi connectivity index (χ1n) is 2.22. The topological polar surface area (TPSA) is 26.0 Å². The molecule has 0 aliphatic carbocycles. The van der Waals surface area contributed by atoms with Crippen LogP contribution in [0.5, 0.6) is 0 Å². The van der Waals surface area contributed by atoms with Gasteiger partial charge in [-0.1, -0.05) is 0 Å². The Kier molecular flexibility index (Phi) is 1.53. The highest BCUT2D eigenvalue weighted by Crippen LogP contribution is 2.06. The van der Waals surface area contributed by atoms with E-state index in [1.165, 1.54) is 6.26 Å². The van der Waals surface area contributed by atoms with Crippen LogP contribution in [0.4, 0.5) is 0 Å². The van der Waals surface area contributed by atoms with Crippen molar-refractivity contribution >= 4 is 11.6 Å². The summed E-state index contributed by atoms with van der Waals surface area (Å²) in [6.45, 7) is 3.59. The maximum Gasteiger partial charge on any atom is 0.292 e. The van der Waals surface area contributed by atoms with Crippen LogP contribution in [0.1, 0.15) is 5.69 Å². The molecular formula is C5H5ClNO. The molecule has 1 radical (unpaired) electrons. The maximum atomic E-state index is 5.33. The van der Waals surface area contributed by atoms with Crippen molar-refractivity contribution in [2.24, 2.45) is 0 Å². The van der Waals surface area contributed by atoms with E-state index in [2.05, 4.69) is 16.3 Å². The van der Waals surface area contributed by atoms with Gasteiger partial charge in [-0.15, -0.1) is 0 Å². The van der Waals surface area contributed by atoms with Crippen molar-refractivity contribution in [3.63, 3.8) is 0 Å². The molecular weight excluding hydrogens is 126 g/mol. The Labute approximate surface area is 52.5 Å². The van der Waals surface area contributed by atoms with Gasteiger partial charge in [0.05, 0.1) is 5.69 Å². The largest absolute Gasteiger partial charge is 0.436 e. The number of hydrogen-bond acceptors (Lipinski definition) is 2. The van der Waals surface area contributed by atoms with Crippen LogP contribution in [-0.4, -0.2) is 4.98 Å². The van der Waals surface area contributed by atoms with Gasteiger partial charge in [-0.3, -0.25) is 0 Å². The summed E-state index contributed by atoms with van der Waals surface area (Å²) >= 11 is 5.33. The molecule has 0 amide bonds. The van der Waals surface area contributed by atoms with Crippen LogP contribution in [0.15, 0.2) is 10.7 Å². The van der Waals surface area contributed by atoms with Gasteiger partial charge in [0.1, 0.15) is 6.26 Å². The second kappa shape index (κ2) is 2.18. The summed E-state index contributed by atoms with van der Waals surface area (Å²) in [5, 5.41) is 0.184. The molecule has 3 heteroatoms. The fraction of sp³-hybridized carbons (Fsp3) is 0.200. The molecule has 0 aromatic carbocycles. The van der Waals surface area contributed by atoms with Gasteiger partial charge in [-0.25, -0.2) is 4.98 Å². The van der Waals surface area contributed by atoms with Crippen LogP contribution in [-0.2, 0) is 6.42 Å². The molecule has 0 fully saturated rings. The van der Waals surface area contributed by atoms with Crippen molar-refractivity contribution in [2.75, 3.05) is 0 Å². The van der Waals surface area contributed by atoms with E-state index in [0.717, 1.165) is 5.69 Å². The Bertz CT molecular complexity index is 173. The lowest BCUT2D eigenvalue weighted by Gasteiger charge is -1.75. The minimum absolute atomic E-state index is 0.184. The Morgan fingerprint density at radius 1 is 1.88 bits per heavy atom. The minimum Gasteiger partial charge on any atom is -0.436 e. The van der Waals surface area contributed by atoms with Gasteiger partial charge in [0.2, 0.25) is 0 Å². The summed E-state index contributed by atoms with van der Waals surface area (Å²) in [6, 6.07) is 0. The molecule has 1 aromatic rings. The van der Waals surface area contributed by atoms with E-state index in [0.29, 0.717) is 6.42 Å². The molecule has 0 spiro atoms. The highest BCUT2D eigenvalue weighted by molar-refractivity contribution is 6.27. The fourth-order valence-corrected chi connectivity index (χ4v) is 0.550. The van der Waals surface area contributed by atoms with E-state index in [-0.39, 0.29) is 5.35 Å². The van der Waals surface area contributed by atoms with Gasteiger partial charge in [0.25, 0.3) is 5.35 Å². The molecule has 1 aromatic heterocycles. The molecule has 0 saturated carbocycles. The minimum atomic E-state index is 0.184. The van der Waals surface area contributed by atoms with Gasteiger partial charge >= 0.3 is 0 Å². The third-order valence-electron chi connectivity index (χ3n) is 0.780. The van der Waals surface area contributed by atoms with E-state index in [4.69, 9.17) is 11.6 Å². The molecule has 0 unspecified atom stereocenters. The molecule has 0 aliphatic heterocycles. The number of rotatable bonds is 1. The van der Waals surface area contributed by atoms with Gasteiger partial charge in [0.15, 0.2) is 0 Å². The summed E-state index contributed by atoms with van der Waals surface area (Å²) in [7, 11) is 0. The SMILES string of the molecule is [CH2]Cc1coc(Cl)n1. The van der Waals surface area contributed by atoms with Crippen LogP contribution < -0.4 is 0 Å². The predicted octanol–water partition coefficient (Wildman–Crippen LogP) is 1.70. The Morgan fingerprint density at radius 2 is 2.62 bits per heavy atom. The molecule has 0 atom stereocenters. The molecule has 0 aliphatic rings. The number of hydrogen-bond donors (Lipinski definition) is 0. The maximum absolute atomic E-state index is 5.33. The average Bonchev–Trinajstić information content (AvgIpc) is 2.14. The van der Waals surface area contributed by atoms with Crippen LogP contribution in [0, 0.1) is 6.92 Å². The van der Waals surface area contributed by atoms with E-state index in [1.54, 1.807) is 0 Å². The highest BCUT2D eigenvalue weighted by atomic mass is 35.5. The fourth-order valence-electron chi connectivity index (χ4n) is 0.397. The van der Waals surface area contributed by atoms with Gasteiger partial charge in [0, 0.05) is 0 Å². The lowest BCUT2D eigenvalue weighted by Crippen LogP contribution is -1.75. The van der Waals surface area contributed by atoms with Gasteiger partial charge in [-0.2, -0.15) is 0 Å². The second-order valence-corrected chi connectivity index (χ2v) is 1.67. The van der Waals surface area contributed by atoms with Crippen molar-refractivity contribution in [3.8, 4) is 0 Å². The Hall–Kier alpha value is -0.500. The molecule has 1 rings (SSSR count). The van der Waals surface area contributed by atoms with E-state index in [1.807, 2.05) is 0 Å². The van der Waals surface area contributed by atoms with Crippen molar-refractivity contribution in [3.05, 3.63) is 24.2 Å². The van der Waals surface area contributed by atoms with Crippen LogP contribution in [0.3, 0.4) is 0 Å². The lowest BCUT2D eigenvalue weighted by molar-refractivity contribution is 0.559. The normalized spacial score (nSPS) is 9.75. The molecule has 1 heterocycles. The van der Waals surface area contributed by atoms with Gasteiger partial charge in [-0.05, 0) is 24.9 Å². The zero-order valence-electron chi connectivity index (χ0n) is 4.22. The first-order chi connectivity index (χ1) is 3.83. The first kappa shape index (κ1) is 5.63. The number of halogens is 1. The third-order valence-corrected chi connectivity index (χ3v) is 0.953. The van der Waals surface area contributed by atoms with E-state index >= 15 is 0 Å². The standard InChI is InChI=1S/C5H5ClNO/c1-2-4-3-8-5(6)7-4/h3H,1-2H2. The van der Waals surface area contributed by atoms with E-state index < -0.39 is 0 Å². The summed E-state index contributed by atoms with van der Waals surface area (Å²) in [5.74, 6) is 0. The lowest BCUT2D eigenvalue weighted by atomic mass is 10.4. The van der Waals surface area contributed by atoms with E-state index in [9.17, 15) is 0 Å². The molecule has 43 valence electrons. The first-order valence-corrected chi connectivity index (χ1v) is 2.60. The zero-order chi connectivity index (χ0) is 5.98.